The summed E-state index contributed by atoms with van der Waals surface area (Å²) >= 11 is 0. The van der Waals surface area contributed by atoms with Gasteiger partial charge in [-0.3, -0.25) is 4.68 Å². The molecule has 0 aliphatic rings. The van der Waals surface area contributed by atoms with Crippen molar-refractivity contribution in [2.75, 3.05) is 6.54 Å². The lowest BCUT2D eigenvalue weighted by Crippen LogP contribution is -2.25. The molecule has 1 aromatic carbocycles. The predicted molar refractivity (Wildman–Crippen MR) is 72.3 cm³/mol. The summed E-state index contributed by atoms with van der Waals surface area (Å²) in [7, 11) is 1.93. The molecule has 1 aromatic heterocycles. The van der Waals surface area contributed by atoms with Crippen molar-refractivity contribution in [3.8, 4) is 0 Å². The van der Waals surface area contributed by atoms with Gasteiger partial charge in [-0.25, -0.2) is 4.98 Å². The van der Waals surface area contributed by atoms with Crippen LogP contribution in [0.4, 0.5) is 0 Å². The first kappa shape index (κ1) is 12.8. The normalized spacial score (nSPS) is 12.6. The monoisotopic (exact) mass is 244 g/mol. The Bertz CT molecular complexity index is 504. The average Bonchev–Trinajstić information content (AvgIpc) is 2.75. The van der Waals surface area contributed by atoms with Crippen molar-refractivity contribution in [3.63, 3.8) is 0 Å². The van der Waals surface area contributed by atoms with E-state index in [-0.39, 0.29) is 0 Å². The van der Waals surface area contributed by atoms with Gasteiger partial charge in [0, 0.05) is 19.5 Å². The Kier molecular flexibility index (Phi) is 4.10. The van der Waals surface area contributed by atoms with E-state index in [2.05, 4.69) is 53.5 Å². The van der Waals surface area contributed by atoms with E-state index in [0.29, 0.717) is 6.04 Å². The number of nitrogens with zero attached hydrogens (tertiary/aromatic N) is 3. The van der Waals surface area contributed by atoms with Crippen molar-refractivity contribution in [2.24, 2.45) is 7.05 Å². The van der Waals surface area contributed by atoms with Gasteiger partial charge in [-0.05, 0) is 24.6 Å². The van der Waals surface area contributed by atoms with Crippen LogP contribution in [0.1, 0.15) is 29.9 Å². The van der Waals surface area contributed by atoms with Gasteiger partial charge < -0.3 is 5.32 Å². The standard InChI is InChI=1S/C14H20N4/c1-4-15-13(9-14-16-10-17-18(14)3)12-8-6-5-7-11(12)2/h5-8,10,13,15H,4,9H2,1-3H3. The van der Waals surface area contributed by atoms with Crippen LogP contribution >= 0.6 is 0 Å². The highest BCUT2D eigenvalue weighted by atomic mass is 15.3. The van der Waals surface area contributed by atoms with Crippen molar-refractivity contribution in [1.82, 2.24) is 20.1 Å². The molecule has 0 bridgehead atoms. The number of nitrogens with one attached hydrogen (secondary N) is 1. The third-order valence-corrected chi connectivity index (χ3v) is 3.21. The predicted octanol–water partition coefficient (Wildman–Crippen LogP) is 2.02. The minimum atomic E-state index is 0.291. The Morgan fingerprint density at radius 3 is 2.72 bits per heavy atom. The fourth-order valence-electron chi connectivity index (χ4n) is 2.20. The highest BCUT2D eigenvalue weighted by Crippen LogP contribution is 2.20. The smallest absolute Gasteiger partial charge is 0.138 e. The van der Waals surface area contributed by atoms with Crippen LogP contribution in [0.25, 0.3) is 0 Å². The Balaban J connectivity index is 2.24. The minimum Gasteiger partial charge on any atom is -0.310 e. The van der Waals surface area contributed by atoms with Crippen LogP contribution in [-0.2, 0) is 13.5 Å². The van der Waals surface area contributed by atoms with E-state index in [4.69, 9.17) is 0 Å². The van der Waals surface area contributed by atoms with Crippen molar-refractivity contribution in [1.29, 1.82) is 0 Å². The summed E-state index contributed by atoms with van der Waals surface area (Å²) in [5.74, 6) is 1.00. The summed E-state index contributed by atoms with van der Waals surface area (Å²) in [6, 6.07) is 8.78. The van der Waals surface area contributed by atoms with E-state index in [9.17, 15) is 0 Å². The summed E-state index contributed by atoms with van der Waals surface area (Å²) < 4.78 is 1.84. The maximum absolute atomic E-state index is 4.30. The first-order valence-electron chi connectivity index (χ1n) is 6.34. The van der Waals surface area contributed by atoms with Crippen molar-refractivity contribution in [3.05, 3.63) is 47.5 Å². The summed E-state index contributed by atoms with van der Waals surface area (Å²) in [6.45, 7) is 5.22. The Hall–Kier alpha value is -1.68. The molecule has 4 nitrogen and oxygen atoms in total. The maximum Gasteiger partial charge on any atom is 0.138 e. The lowest BCUT2D eigenvalue weighted by molar-refractivity contribution is 0.520. The molecule has 1 N–H and O–H groups in total. The van der Waals surface area contributed by atoms with E-state index < -0.39 is 0 Å². The van der Waals surface area contributed by atoms with Crippen LogP contribution in [0.2, 0.25) is 0 Å². The number of aromatic nitrogens is 3. The molecule has 0 saturated carbocycles. The third kappa shape index (κ3) is 2.76. The Labute approximate surface area is 108 Å². The number of aryl methyl sites for hydroxylation is 2. The van der Waals surface area contributed by atoms with E-state index in [1.807, 2.05) is 11.7 Å². The molecule has 18 heavy (non-hydrogen) atoms. The molecule has 0 amide bonds. The molecule has 1 heterocycles. The van der Waals surface area contributed by atoms with Crippen LogP contribution in [0.3, 0.4) is 0 Å². The summed E-state index contributed by atoms with van der Waals surface area (Å²) in [5, 5.41) is 7.65. The van der Waals surface area contributed by atoms with Gasteiger partial charge >= 0.3 is 0 Å². The van der Waals surface area contributed by atoms with Gasteiger partial charge in [-0.15, -0.1) is 0 Å². The molecule has 0 saturated heterocycles. The molecule has 1 unspecified atom stereocenters. The van der Waals surface area contributed by atoms with Crippen LogP contribution in [-0.4, -0.2) is 21.3 Å². The average molecular weight is 244 g/mol. The van der Waals surface area contributed by atoms with E-state index >= 15 is 0 Å². The molecule has 0 spiro atoms. The van der Waals surface area contributed by atoms with Gasteiger partial charge in [0.25, 0.3) is 0 Å². The lowest BCUT2D eigenvalue weighted by atomic mass is 9.98. The number of likely N-dealkylation sites (N-methyl/N-ethyl adjacent to an activating group) is 1. The van der Waals surface area contributed by atoms with Gasteiger partial charge in [-0.2, -0.15) is 5.10 Å². The molecule has 0 radical (unpaired) electrons. The van der Waals surface area contributed by atoms with Crippen LogP contribution in [0.5, 0.6) is 0 Å². The molecule has 0 aliphatic carbocycles. The zero-order chi connectivity index (χ0) is 13.0. The van der Waals surface area contributed by atoms with Crippen molar-refractivity contribution < 1.29 is 0 Å². The zero-order valence-corrected chi connectivity index (χ0v) is 11.2. The summed E-state index contributed by atoms with van der Waals surface area (Å²) in [6.07, 6.45) is 2.46. The molecule has 4 heteroatoms. The first-order chi connectivity index (χ1) is 8.72. The maximum atomic E-state index is 4.30. The number of benzene rings is 1. The fraction of sp³-hybridized carbons (Fsp3) is 0.429. The fourth-order valence-corrected chi connectivity index (χ4v) is 2.20. The van der Waals surface area contributed by atoms with E-state index in [1.165, 1.54) is 11.1 Å². The second kappa shape index (κ2) is 5.78. The molecular weight excluding hydrogens is 224 g/mol. The van der Waals surface area contributed by atoms with Crippen LogP contribution in [0.15, 0.2) is 30.6 Å². The molecule has 0 fully saturated rings. The molecule has 0 aliphatic heterocycles. The number of hydrogen-bond donors (Lipinski definition) is 1. The zero-order valence-electron chi connectivity index (χ0n) is 11.2. The second-order valence-corrected chi connectivity index (χ2v) is 4.47. The first-order valence-corrected chi connectivity index (χ1v) is 6.34. The van der Waals surface area contributed by atoms with Crippen molar-refractivity contribution >= 4 is 0 Å². The molecule has 2 aromatic rings. The van der Waals surface area contributed by atoms with Gasteiger partial charge in [0.1, 0.15) is 12.2 Å². The largest absolute Gasteiger partial charge is 0.310 e. The summed E-state index contributed by atoms with van der Waals surface area (Å²) in [5.41, 5.74) is 2.65. The third-order valence-electron chi connectivity index (χ3n) is 3.21. The molecule has 2 rings (SSSR count). The second-order valence-electron chi connectivity index (χ2n) is 4.47. The van der Waals surface area contributed by atoms with Gasteiger partial charge in [-0.1, -0.05) is 31.2 Å². The lowest BCUT2D eigenvalue weighted by Gasteiger charge is -2.19. The minimum absolute atomic E-state index is 0.291. The SMILES string of the molecule is CCNC(Cc1ncnn1C)c1ccccc1C. The van der Waals surface area contributed by atoms with Crippen LogP contribution in [0, 0.1) is 6.92 Å². The highest BCUT2D eigenvalue weighted by molar-refractivity contribution is 5.29. The topological polar surface area (TPSA) is 42.7 Å². The Morgan fingerprint density at radius 1 is 1.33 bits per heavy atom. The Morgan fingerprint density at radius 2 is 2.11 bits per heavy atom. The van der Waals surface area contributed by atoms with Crippen LogP contribution < -0.4 is 5.32 Å². The summed E-state index contributed by atoms with van der Waals surface area (Å²) in [4.78, 5) is 4.30. The van der Waals surface area contributed by atoms with E-state index in [1.54, 1.807) is 6.33 Å². The number of rotatable bonds is 5. The van der Waals surface area contributed by atoms with E-state index in [0.717, 1.165) is 18.8 Å². The molecule has 1 atom stereocenters. The van der Waals surface area contributed by atoms with Crippen molar-refractivity contribution in [2.45, 2.75) is 26.3 Å². The molecule has 96 valence electrons. The van der Waals surface area contributed by atoms with Gasteiger partial charge in [0.05, 0.1) is 0 Å². The van der Waals surface area contributed by atoms with Gasteiger partial charge in [0.15, 0.2) is 0 Å². The van der Waals surface area contributed by atoms with Gasteiger partial charge in [0.2, 0.25) is 0 Å². The highest BCUT2D eigenvalue weighted by Gasteiger charge is 2.15. The number of hydrogen-bond acceptors (Lipinski definition) is 3. The molecular formula is C14H20N4. The quantitative estimate of drug-likeness (QED) is 0.875.